The summed E-state index contributed by atoms with van der Waals surface area (Å²) in [5.74, 6) is 2.41. The number of carboxylic acid groups (broad SMARTS) is 1. The number of carboxylic acids is 1. The Kier molecular flexibility index (Phi) is 10.8. The summed E-state index contributed by atoms with van der Waals surface area (Å²) < 4.78 is 17.5. The van der Waals surface area contributed by atoms with E-state index < -0.39 is 17.9 Å². The molecule has 212 valence electrons. The molecule has 0 fully saturated rings. The van der Waals surface area contributed by atoms with Crippen LogP contribution in [-0.2, 0) is 16.1 Å². The molecule has 0 saturated carbocycles. The first-order valence-corrected chi connectivity index (χ1v) is 15.8. The van der Waals surface area contributed by atoms with Gasteiger partial charge in [0.2, 0.25) is 6.79 Å². The van der Waals surface area contributed by atoms with Crippen LogP contribution in [-0.4, -0.2) is 53.3 Å². The molecule has 3 aromatic carbocycles. The Morgan fingerprint density at radius 2 is 1.85 bits per heavy atom. The molecule has 7 nitrogen and oxygen atoms in total. The molecule has 0 aromatic heterocycles. The number of nitrogens with one attached hydrogen (secondary N) is 1. The number of aryl methyl sites for hydroxylation is 1. The lowest BCUT2D eigenvalue weighted by atomic mass is 9.93. The van der Waals surface area contributed by atoms with Crippen LogP contribution in [0.4, 0.5) is 0 Å². The molecule has 0 spiro atoms. The number of hydrogen-bond donors (Lipinski definition) is 2. The number of fused-ring (bicyclic) bond motifs is 1. The van der Waals surface area contributed by atoms with Gasteiger partial charge >= 0.3 is 5.97 Å². The van der Waals surface area contributed by atoms with E-state index in [4.69, 9.17) is 14.2 Å². The van der Waals surface area contributed by atoms with Gasteiger partial charge in [-0.2, -0.15) is 23.5 Å². The van der Waals surface area contributed by atoms with Crippen LogP contribution in [0.1, 0.15) is 46.5 Å². The third kappa shape index (κ3) is 7.53. The summed E-state index contributed by atoms with van der Waals surface area (Å²) >= 11 is 3.35. The molecule has 1 aliphatic heterocycles. The van der Waals surface area contributed by atoms with E-state index >= 15 is 0 Å². The first-order valence-electron chi connectivity index (χ1n) is 13.2. The third-order valence-electron chi connectivity index (χ3n) is 6.67. The lowest BCUT2D eigenvalue weighted by Crippen LogP contribution is -2.41. The number of amides is 1. The first-order chi connectivity index (χ1) is 19.4. The quantitative estimate of drug-likeness (QED) is 0.228. The maximum absolute atomic E-state index is 13.4. The van der Waals surface area contributed by atoms with Crippen LogP contribution >= 0.6 is 23.5 Å². The van der Waals surface area contributed by atoms with Gasteiger partial charge in [0.15, 0.2) is 11.5 Å². The average molecular weight is 582 g/mol. The maximum Gasteiger partial charge on any atom is 0.326 e. The summed E-state index contributed by atoms with van der Waals surface area (Å²) in [6, 6.07) is 18.4. The Morgan fingerprint density at radius 3 is 2.60 bits per heavy atom. The van der Waals surface area contributed by atoms with Gasteiger partial charge in [-0.3, -0.25) is 4.79 Å². The van der Waals surface area contributed by atoms with E-state index in [-0.39, 0.29) is 12.9 Å². The molecule has 40 heavy (non-hydrogen) atoms. The third-order valence-corrected chi connectivity index (χ3v) is 8.26. The average Bonchev–Trinajstić information content (AvgIpc) is 3.43. The number of benzene rings is 3. The van der Waals surface area contributed by atoms with Gasteiger partial charge in [0.1, 0.15) is 6.04 Å². The summed E-state index contributed by atoms with van der Waals surface area (Å²) in [7, 11) is 0. The standard InChI is InChI=1S/C31H35NO6S2/c1-4-40-18-29(22-10-12-27-28(16-22)38-19-37-27)36-17-21-9-11-24(25(15-21)23-8-6-5-7-20(23)2)30(33)32-26(31(34)35)13-14-39-3/h5-12,15-16,26,29H,4,13-14,17-19H2,1-3H3,(H,32,33)(H,34,35). The number of carbonyl (C=O) groups is 2. The summed E-state index contributed by atoms with van der Waals surface area (Å²) in [4.78, 5) is 25.1. The SMILES string of the molecule is CCSCC(OCc1ccc(C(=O)NC(CCSC)C(=O)O)c(-c2ccccc2C)c1)c1ccc2c(c1)OCO2. The van der Waals surface area contributed by atoms with Crippen molar-refractivity contribution in [3.8, 4) is 22.6 Å². The molecule has 9 heteroatoms. The predicted molar refractivity (Wildman–Crippen MR) is 162 cm³/mol. The molecule has 0 bridgehead atoms. The summed E-state index contributed by atoms with van der Waals surface area (Å²) in [5, 5.41) is 12.4. The van der Waals surface area contributed by atoms with Crippen molar-refractivity contribution in [2.24, 2.45) is 0 Å². The molecule has 0 radical (unpaired) electrons. The van der Waals surface area contributed by atoms with Gasteiger partial charge in [-0.15, -0.1) is 0 Å². The van der Waals surface area contributed by atoms with Crippen molar-refractivity contribution in [1.82, 2.24) is 5.32 Å². The van der Waals surface area contributed by atoms with Crippen LogP contribution in [0.25, 0.3) is 11.1 Å². The molecule has 0 saturated heterocycles. The topological polar surface area (TPSA) is 94.1 Å². The molecule has 0 aliphatic carbocycles. The zero-order valence-corrected chi connectivity index (χ0v) is 24.6. The van der Waals surface area contributed by atoms with Gasteiger partial charge in [-0.1, -0.05) is 43.3 Å². The number of thioether (sulfide) groups is 2. The van der Waals surface area contributed by atoms with Crippen molar-refractivity contribution in [2.45, 2.75) is 39.0 Å². The van der Waals surface area contributed by atoms with Crippen molar-refractivity contribution < 1.29 is 28.9 Å². The minimum Gasteiger partial charge on any atom is -0.480 e. The zero-order valence-electron chi connectivity index (χ0n) is 23.0. The fraction of sp³-hybridized carbons (Fsp3) is 0.355. The highest BCUT2D eigenvalue weighted by atomic mass is 32.2. The molecule has 2 atom stereocenters. The lowest BCUT2D eigenvalue weighted by Gasteiger charge is -2.20. The van der Waals surface area contributed by atoms with Crippen molar-refractivity contribution in [2.75, 3.05) is 30.3 Å². The second kappa shape index (κ2) is 14.5. The number of aliphatic carboxylic acids is 1. The highest BCUT2D eigenvalue weighted by Gasteiger charge is 2.23. The smallest absolute Gasteiger partial charge is 0.326 e. The van der Waals surface area contributed by atoms with E-state index in [1.807, 2.05) is 67.8 Å². The van der Waals surface area contributed by atoms with Crippen molar-refractivity contribution in [3.63, 3.8) is 0 Å². The van der Waals surface area contributed by atoms with Crippen LogP contribution in [0.2, 0.25) is 0 Å². The molecule has 1 amide bonds. The van der Waals surface area contributed by atoms with E-state index in [1.54, 1.807) is 29.6 Å². The number of carbonyl (C=O) groups excluding carboxylic acids is 1. The summed E-state index contributed by atoms with van der Waals surface area (Å²) in [6.45, 7) is 4.68. The normalized spacial score (nSPS) is 13.6. The molecular formula is C31H35NO6S2. The Labute approximate surface area is 244 Å². The maximum atomic E-state index is 13.4. The van der Waals surface area contributed by atoms with Gasteiger partial charge in [0.05, 0.1) is 12.7 Å². The van der Waals surface area contributed by atoms with Gasteiger partial charge in [0, 0.05) is 11.3 Å². The second-order valence-electron chi connectivity index (χ2n) is 9.41. The molecule has 2 unspecified atom stereocenters. The molecular weight excluding hydrogens is 546 g/mol. The predicted octanol–water partition coefficient (Wildman–Crippen LogP) is 6.34. The molecule has 2 N–H and O–H groups in total. The molecule has 1 heterocycles. The fourth-order valence-corrected chi connectivity index (χ4v) is 5.69. The van der Waals surface area contributed by atoms with E-state index in [1.165, 1.54) is 0 Å². The Hall–Kier alpha value is -3.14. The van der Waals surface area contributed by atoms with Gasteiger partial charge < -0.3 is 24.6 Å². The van der Waals surface area contributed by atoms with Gasteiger partial charge in [-0.05, 0) is 83.2 Å². The van der Waals surface area contributed by atoms with Crippen molar-refractivity contribution in [1.29, 1.82) is 0 Å². The van der Waals surface area contributed by atoms with Crippen LogP contribution in [0.3, 0.4) is 0 Å². The number of hydrogen-bond acceptors (Lipinski definition) is 7. The van der Waals surface area contributed by atoms with E-state index in [9.17, 15) is 14.7 Å². The largest absolute Gasteiger partial charge is 0.480 e. The monoisotopic (exact) mass is 581 g/mol. The van der Waals surface area contributed by atoms with Crippen LogP contribution in [0, 0.1) is 6.92 Å². The first kappa shape index (κ1) is 29.8. The van der Waals surface area contributed by atoms with Crippen LogP contribution in [0.5, 0.6) is 11.5 Å². The van der Waals surface area contributed by atoms with Gasteiger partial charge in [-0.25, -0.2) is 4.79 Å². The molecule has 4 rings (SSSR count). The van der Waals surface area contributed by atoms with Gasteiger partial charge in [0.25, 0.3) is 5.91 Å². The van der Waals surface area contributed by atoms with Crippen molar-refractivity contribution in [3.05, 3.63) is 82.9 Å². The van der Waals surface area contributed by atoms with E-state index in [0.29, 0.717) is 24.3 Å². The fourth-order valence-electron chi connectivity index (χ4n) is 4.48. The van der Waals surface area contributed by atoms with Crippen LogP contribution in [0.15, 0.2) is 60.7 Å². The second-order valence-corrected chi connectivity index (χ2v) is 11.7. The van der Waals surface area contributed by atoms with Crippen LogP contribution < -0.4 is 14.8 Å². The van der Waals surface area contributed by atoms with E-state index in [2.05, 4.69) is 12.2 Å². The zero-order chi connectivity index (χ0) is 28.5. The Balaban J connectivity index is 1.60. The minimum absolute atomic E-state index is 0.155. The Bertz CT molecular complexity index is 1330. The Morgan fingerprint density at radius 1 is 1.05 bits per heavy atom. The minimum atomic E-state index is -1.04. The number of ether oxygens (including phenoxy) is 3. The highest BCUT2D eigenvalue weighted by molar-refractivity contribution is 7.99. The molecule has 1 aliphatic rings. The van der Waals surface area contributed by atoms with Crippen molar-refractivity contribution >= 4 is 35.4 Å². The number of rotatable bonds is 14. The summed E-state index contributed by atoms with van der Waals surface area (Å²) in [5.41, 5.74) is 5.05. The van der Waals surface area contributed by atoms with E-state index in [0.717, 1.165) is 50.8 Å². The summed E-state index contributed by atoms with van der Waals surface area (Å²) in [6.07, 6.45) is 2.11. The highest BCUT2D eigenvalue weighted by Crippen LogP contribution is 2.36. The molecule has 3 aromatic rings. The lowest BCUT2D eigenvalue weighted by molar-refractivity contribution is -0.139.